The Bertz CT molecular complexity index is 125. The third-order valence-corrected chi connectivity index (χ3v) is 3.20. The lowest BCUT2D eigenvalue weighted by Crippen LogP contribution is -1.99. The predicted octanol–water partition coefficient (Wildman–Crippen LogP) is 2.09. The van der Waals surface area contributed by atoms with E-state index < -0.39 is 7.60 Å². The molecule has 0 saturated carbocycles. The third-order valence-electron chi connectivity index (χ3n) is 1.07. The zero-order chi connectivity index (χ0) is 8.20. The van der Waals surface area contributed by atoms with Crippen LogP contribution >= 0.6 is 7.60 Å². The van der Waals surface area contributed by atoms with Crippen LogP contribution in [0.5, 0.6) is 0 Å². The fourth-order valence-electron chi connectivity index (χ4n) is 0.591. The highest BCUT2D eigenvalue weighted by Crippen LogP contribution is 2.48. The molecule has 0 bridgehead atoms. The van der Waals surface area contributed by atoms with Gasteiger partial charge < -0.3 is 9.05 Å². The van der Waals surface area contributed by atoms with Crippen molar-refractivity contribution < 1.29 is 13.6 Å². The maximum Gasteiger partial charge on any atom is 0.330 e. The molecular weight excluding hydrogens is 151 g/mol. The number of hydrogen-bond acceptors (Lipinski definition) is 3. The molecule has 0 aromatic carbocycles. The molecule has 0 fully saturated rings. The lowest BCUT2D eigenvalue weighted by molar-refractivity contribution is 0.277. The normalized spacial score (nSPS) is 12.5. The highest BCUT2D eigenvalue weighted by molar-refractivity contribution is 7.54. The number of rotatable bonds is 4. The van der Waals surface area contributed by atoms with Gasteiger partial charge in [0.15, 0.2) is 0 Å². The second-order valence-corrected chi connectivity index (χ2v) is 4.61. The highest BCUT2D eigenvalue weighted by Gasteiger charge is 2.22. The van der Waals surface area contributed by atoms with Gasteiger partial charge in [-0.15, -0.1) is 0 Å². The minimum atomic E-state index is -2.77. The van der Waals surface area contributed by atoms with E-state index in [0.29, 0.717) is 6.16 Å². The van der Waals surface area contributed by atoms with Gasteiger partial charge in [-0.25, -0.2) is 0 Å². The van der Waals surface area contributed by atoms with Crippen molar-refractivity contribution in [1.82, 2.24) is 0 Å². The van der Waals surface area contributed by atoms with Crippen LogP contribution in [0.15, 0.2) is 0 Å². The largest absolute Gasteiger partial charge is 0.330 e. The molecule has 0 heterocycles. The maximum absolute atomic E-state index is 11.3. The van der Waals surface area contributed by atoms with Crippen molar-refractivity contribution in [3.63, 3.8) is 0 Å². The Morgan fingerprint density at radius 1 is 1.30 bits per heavy atom. The summed E-state index contributed by atoms with van der Waals surface area (Å²) < 4.78 is 20.7. The van der Waals surface area contributed by atoms with Crippen LogP contribution in [0.2, 0.25) is 0 Å². The zero-order valence-corrected chi connectivity index (χ0v) is 7.77. The second kappa shape index (κ2) is 4.12. The van der Waals surface area contributed by atoms with Gasteiger partial charge in [0.1, 0.15) is 0 Å². The molecule has 0 aliphatic rings. The van der Waals surface area contributed by atoms with E-state index in [9.17, 15) is 4.57 Å². The molecule has 1 radical (unpaired) electrons. The van der Waals surface area contributed by atoms with Crippen molar-refractivity contribution in [3.05, 3.63) is 5.92 Å². The van der Waals surface area contributed by atoms with E-state index in [0.717, 1.165) is 5.92 Å². The predicted molar refractivity (Wildman–Crippen MR) is 41.1 cm³/mol. The van der Waals surface area contributed by atoms with E-state index in [4.69, 9.17) is 9.05 Å². The average Bonchev–Trinajstić information content (AvgIpc) is 1.87. The Morgan fingerprint density at radius 2 is 1.70 bits per heavy atom. The molecule has 0 aliphatic carbocycles. The summed E-state index contributed by atoms with van der Waals surface area (Å²) >= 11 is 0. The Kier molecular flexibility index (Phi) is 4.18. The van der Waals surface area contributed by atoms with Crippen molar-refractivity contribution >= 4 is 7.60 Å². The molecule has 0 aromatic rings. The summed E-state index contributed by atoms with van der Waals surface area (Å²) in [6.45, 7) is 3.79. The van der Waals surface area contributed by atoms with Gasteiger partial charge in [-0.2, -0.15) is 0 Å². The molecule has 10 heavy (non-hydrogen) atoms. The summed E-state index contributed by atoms with van der Waals surface area (Å²) in [6.07, 6.45) is 0.403. The molecule has 0 N–H and O–H groups in total. The zero-order valence-electron chi connectivity index (χ0n) is 6.88. The third kappa shape index (κ3) is 3.35. The van der Waals surface area contributed by atoms with Crippen LogP contribution < -0.4 is 0 Å². The van der Waals surface area contributed by atoms with Gasteiger partial charge in [0.25, 0.3) is 0 Å². The van der Waals surface area contributed by atoms with Crippen LogP contribution in [0, 0.1) is 5.92 Å². The van der Waals surface area contributed by atoms with Crippen LogP contribution in [-0.2, 0) is 13.6 Å². The first-order valence-corrected chi connectivity index (χ1v) is 4.76. The summed E-state index contributed by atoms with van der Waals surface area (Å²) in [7, 11) is 0.0178. The maximum atomic E-state index is 11.3. The smallest absolute Gasteiger partial charge is 0.312 e. The van der Waals surface area contributed by atoms with Gasteiger partial charge >= 0.3 is 7.60 Å². The summed E-state index contributed by atoms with van der Waals surface area (Å²) in [4.78, 5) is 0. The molecule has 0 rings (SSSR count). The van der Waals surface area contributed by atoms with E-state index in [1.165, 1.54) is 14.2 Å². The van der Waals surface area contributed by atoms with E-state index in [1.807, 2.05) is 13.8 Å². The molecule has 0 amide bonds. The van der Waals surface area contributed by atoms with Crippen molar-refractivity contribution in [3.8, 4) is 0 Å². The molecule has 0 atom stereocenters. The van der Waals surface area contributed by atoms with Crippen molar-refractivity contribution in [2.45, 2.75) is 13.8 Å². The average molecular weight is 165 g/mol. The first-order chi connectivity index (χ1) is 4.54. The van der Waals surface area contributed by atoms with Gasteiger partial charge in [0.2, 0.25) is 0 Å². The Morgan fingerprint density at radius 3 is 1.80 bits per heavy atom. The van der Waals surface area contributed by atoms with Crippen LogP contribution in [0.25, 0.3) is 0 Å². The molecule has 0 aliphatic heterocycles. The van der Waals surface area contributed by atoms with Crippen molar-refractivity contribution in [2.24, 2.45) is 0 Å². The lowest BCUT2D eigenvalue weighted by Gasteiger charge is -2.14. The molecule has 0 spiro atoms. The Balaban J connectivity index is 3.94. The Labute approximate surface area is 62.3 Å². The van der Waals surface area contributed by atoms with Crippen LogP contribution in [0.1, 0.15) is 13.8 Å². The second-order valence-electron chi connectivity index (χ2n) is 2.34. The van der Waals surface area contributed by atoms with Gasteiger partial charge in [-0.3, -0.25) is 4.57 Å². The fourth-order valence-corrected chi connectivity index (χ4v) is 1.77. The fraction of sp³-hybridized carbons (Fsp3) is 0.833. The summed E-state index contributed by atoms with van der Waals surface area (Å²) in [5.74, 6) is 1.05. The van der Waals surface area contributed by atoms with Crippen LogP contribution in [-0.4, -0.2) is 20.4 Å². The summed E-state index contributed by atoms with van der Waals surface area (Å²) in [5, 5.41) is 0. The standard InChI is InChI=1S/C6H14O3P/c1-6(2)5-10(7,8-3)9-4/h5H2,1-4H3. The highest BCUT2D eigenvalue weighted by atomic mass is 31.2. The van der Waals surface area contributed by atoms with Crippen LogP contribution in [0.4, 0.5) is 0 Å². The first kappa shape index (κ1) is 10.2. The first-order valence-electron chi connectivity index (χ1n) is 3.03. The molecule has 0 saturated heterocycles. The molecule has 0 unspecified atom stereocenters. The minimum Gasteiger partial charge on any atom is -0.312 e. The van der Waals surface area contributed by atoms with Crippen molar-refractivity contribution in [2.75, 3.05) is 20.4 Å². The van der Waals surface area contributed by atoms with E-state index in [2.05, 4.69) is 0 Å². The SMILES string of the molecule is COP(=O)(C[C](C)C)OC. The van der Waals surface area contributed by atoms with Gasteiger partial charge in [0.05, 0.1) is 6.16 Å². The van der Waals surface area contributed by atoms with Gasteiger partial charge in [-0.05, 0) is 5.92 Å². The van der Waals surface area contributed by atoms with Crippen molar-refractivity contribution in [1.29, 1.82) is 0 Å². The van der Waals surface area contributed by atoms with E-state index in [1.54, 1.807) is 0 Å². The Hall–Kier alpha value is 0.150. The van der Waals surface area contributed by atoms with E-state index >= 15 is 0 Å². The number of hydrogen-bond donors (Lipinski definition) is 0. The molecule has 3 nitrogen and oxygen atoms in total. The summed E-state index contributed by atoms with van der Waals surface area (Å²) in [5.41, 5.74) is 0. The van der Waals surface area contributed by atoms with Gasteiger partial charge in [-0.1, -0.05) is 13.8 Å². The lowest BCUT2D eigenvalue weighted by atomic mass is 10.3. The monoisotopic (exact) mass is 165 g/mol. The molecule has 61 valence electrons. The molecule has 4 heteroatoms. The molecular formula is C6H14O3P. The van der Waals surface area contributed by atoms with Crippen LogP contribution in [0.3, 0.4) is 0 Å². The topological polar surface area (TPSA) is 35.5 Å². The molecule has 0 aromatic heterocycles. The van der Waals surface area contributed by atoms with E-state index in [-0.39, 0.29) is 0 Å². The summed E-state index contributed by atoms with van der Waals surface area (Å²) in [6, 6.07) is 0. The van der Waals surface area contributed by atoms with Gasteiger partial charge in [0, 0.05) is 14.2 Å². The quantitative estimate of drug-likeness (QED) is 0.598. The minimum absolute atomic E-state index is 0.403.